The fourth-order valence-electron chi connectivity index (χ4n) is 0. The quantitative estimate of drug-likeness (QED) is 0.180. The van der Waals surface area contributed by atoms with E-state index >= 15 is 0 Å². The molecule has 0 spiro atoms. The second-order valence-corrected chi connectivity index (χ2v) is 4.79. The topological polar surface area (TPSA) is 236 Å². The molecule has 16 heavy (non-hydrogen) atoms. The van der Waals surface area contributed by atoms with E-state index in [2.05, 4.69) is 0 Å². The molecule has 0 unspecified atom stereocenters. The average Bonchev–Trinajstić information content (AvgIpc) is 1.41. The maximum atomic E-state index is 8.82. The van der Waals surface area contributed by atoms with Gasteiger partial charge in [0.05, 0.1) is 0 Å². The van der Waals surface area contributed by atoms with E-state index in [4.69, 9.17) is 54.4 Å². The first-order chi connectivity index (χ1) is 6.00. The molecule has 0 aromatic rings. The normalized spacial score (nSPS) is 11.0. The van der Waals surface area contributed by atoms with Crippen LogP contribution in [-0.4, -0.2) is 50.9 Å². The third-order valence-corrected chi connectivity index (χ3v) is 0. The number of rotatable bonds is 0. The Kier molecular flexibility index (Phi) is 16.1. The van der Waals surface area contributed by atoms with Gasteiger partial charge in [-0.25, -0.2) is 0 Å². The van der Waals surface area contributed by atoms with Crippen molar-refractivity contribution in [3.8, 4) is 0 Å². The van der Waals surface area contributed by atoms with E-state index in [1.165, 1.54) is 0 Å². The van der Waals surface area contributed by atoms with Crippen LogP contribution in [0.2, 0.25) is 0 Å². The van der Waals surface area contributed by atoms with Gasteiger partial charge in [0.15, 0.2) is 0 Å². The first kappa shape index (κ1) is 25.8. The van der Waals surface area contributed by atoms with Gasteiger partial charge in [-0.3, -0.25) is 9.13 Å². The molecule has 0 atom stereocenters. The Morgan fingerprint density at radius 2 is 0.812 bits per heavy atom. The first-order valence-corrected chi connectivity index (χ1v) is 7.47. The summed E-state index contributed by atoms with van der Waals surface area (Å²) in [4.78, 5) is 45.8. The molecule has 96 valence electrons. The molecule has 0 rings (SSSR count). The van der Waals surface area contributed by atoms with Crippen molar-refractivity contribution in [2.24, 2.45) is 0 Å². The Labute approximate surface area is 107 Å². The van der Waals surface area contributed by atoms with Crippen LogP contribution in [0.1, 0.15) is 0 Å². The Morgan fingerprint density at radius 3 is 0.812 bits per heavy atom. The molecule has 0 fully saturated rings. The van der Waals surface area contributed by atoms with Gasteiger partial charge in [0.2, 0.25) is 0 Å². The van der Waals surface area contributed by atoms with E-state index in [0.717, 1.165) is 0 Å². The summed E-state index contributed by atoms with van der Waals surface area (Å²) >= 11 is -5.25. The van der Waals surface area contributed by atoms with Gasteiger partial charge in [-0.05, 0) is 0 Å². The van der Waals surface area contributed by atoms with Gasteiger partial charge in [0.1, 0.15) is 0 Å². The molecule has 0 amide bonds. The van der Waals surface area contributed by atoms with Crippen LogP contribution in [0.3, 0.4) is 0 Å². The number of hydrogen-bond acceptors (Lipinski definition) is 6. The van der Waals surface area contributed by atoms with Crippen molar-refractivity contribution in [1.82, 2.24) is 0 Å². The molecule has 12 nitrogen and oxygen atoms in total. The van der Waals surface area contributed by atoms with Gasteiger partial charge in [0.25, 0.3) is 15.6 Å². The van der Waals surface area contributed by atoms with Crippen LogP contribution >= 0.6 is 15.6 Å². The Hall–Kier alpha value is 1.04. The standard InChI is InChI=1S/Cr.Mg.2H3O4P.2H2O.2O/c;;2*1-5(2,3)4;;;;/h;;2*(H3,1,2,3,4);2*1H2;;/q2*+2;;;;;;/p-4. The van der Waals surface area contributed by atoms with Crippen LogP contribution in [0.15, 0.2) is 0 Å². The van der Waals surface area contributed by atoms with Crippen LogP contribution < -0.4 is 9.79 Å². The van der Waals surface area contributed by atoms with Crippen molar-refractivity contribution in [1.29, 1.82) is 0 Å². The van der Waals surface area contributed by atoms with E-state index in [9.17, 15) is 0 Å². The van der Waals surface area contributed by atoms with Crippen molar-refractivity contribution in [3.05, 3.63) is 0 Å². The predicted molar refractivity (Wildman–Crippen MR) is 35.7 cm³/mol. The Bertz CT molecular complexity index is 284. The molecular weight excluding hydrogens is 330 g/mol. The van der Waals surface area contributed by atoms with Gasteiger partial charge in [0, 0.05) is 0 Å². The second kappa shape index (κ2) is 10.0. The van der Waals surface area contributed by atoms with Gasteiger partial charge in [-0.1, -0.05) is 0 Å². The molecule has 0 radical (unpaired) electrons. The summed E-state index contributed by atoms with van der Waals surface area (Å²) in [5, 5.41) is 0. The molecule has 0 aromatic carbocycles. The van der Waals surface area contributed by atoms with Crippen molar-refractivity contribution >= 4 is 38.7 Å². The van der Waals surface area contributed by atoms with Crippen LogP contribution in [-0.2, 0) is 30.4 Å². The van der Waals surface area contributed by atoms with E-state index in [1.807, 2.05) is 0 Å². The number of phosphoric acid groups is 2. The monoisotopic (exact) mass is 336 g/mol. The minimum absolute atomic E-state index is 0. The molecule has 0 saturated carbocycles. The second-order valence-electron chi connectivity index (χ2n) is 1.43. The average molecular weight is 336 g/mol. The van der Waals surface area contributed by atoms with Crippen LogP contribution in [0.5, 0.6) is 0 Å². The zero-order valence-corrected chi connectivity index (χ0v) is 11.6. The van der Waals surface area contributed by atoms with Crippen molar-refractivity contribution < 1.29 is 68.0 Å². The van der Waals surface area contributed by atoms with E-state index in [1.54, 1.807) is 0 Å². The summed E-state index contributed by atoms with van der Waals surface area (Å²) in [6.45, 7) is 0. The molecule has 0 aromatic heterocycles. The molecule has 6 N–H and O–H groups in total. The molecular formula is H6CrMgO12P2. The fraction of sp³-hybridized carbons (Fsp3) is 0. The molecule has 0 aliphatic carbocycles. The zero-order chi connectivity index (χ0) is 13.5. The molecule has 0 saturated heterocycles. The Morgan fingerprint density at radius 1 is 0.812 bits per heavy atom. The fourth-order valence-corrected chi connectivity index (χ4v) is 0. The van der Waals surface area contributed by atoms with Crippen LogP contribution in [0.25, 0.3) is 0 Å². The summed E-state index contributed by atoms with van der Waals surface area (Å²) in [6, 6.07) is 0. The summed E-state index contributed by atoms with van der Waals surface area (Å²) in [5.41, 5.74) is 0. The van der Waals surface area contributed by atoms with E-state index in [0.29, 0.717) is 0 Å². The summed E-state index contributed by atoms with van der Waals surface area (Å²) < 4.78 is 49.4. The molecule has 0 aliphatic rings. The van der Waals surface area contributed by atoms with Gasteiger partial charge < -0.3 is 29.4 Å². The Balaban J connectivity index is -0.0000000655. The van der Waals surface area contributed by atoms with Gasteiger partial charge in [-0.15, -0.1) is 0 Å². The maximum absolute atomic E-state index is 8.82. The predicted octanol–water partition coefficient (Wildman–Crippen LogP) is -4.86. The van der Waals surface area contributed by atoms with E-state index in [-0.39, 0.29) is 23.1 Å². The van der Waals surface area contributed by atoms with Crippen molar-refractivity contribution in [2.75, 3.05) is 0 Å². The minimum atomic E-state index is -5.25. The van der Waals surface area contributed by atoms with Crippen LogP contribution in [0.4, 0.5) is 0 Å². The van der Waals surface area contributed by atoms with Gasteiger partial charge >= 0.3 is 52.6 Å². The SMILES string of the molecule is O=P([O-])(O)O.O=P([O-])(O)O.[Mg+2].[O]=[Cr](=[O])([OH])[OH]. The van der Waals surface area contributed by atoms with Crippen molar-refractivity contribution in [2.45, 2.75) is 0 Å². The van der Waals surface area contributed by atoms with E-state index < -0.39 is 29.3 Å². The molecule has 16 heteroatoms. The summed E-state index contributed by atoms with van der Waals surface area (Å²) in [6.07, 6.45) is 0. The first-order valence-electron chi connectivity index (χ1n) is 2.23. The summed E-state index contributed by atoms with van der Waals surface area (Å²) in [5.74, 6) is 0. The third-order valence-electron chi connectivity index (χ3n) is 0. The van der Waals surface area contributed by atoms with Crippen LogP contribution in [0, 0.1) is 0 Å². The molecule has 0 aliphatic heterocycles. The van der Waals surface area contributed by atoms with Crippen molar-refractivity contribution in [3.63, 3.8) is 0 Å². The third kappa shape index (κ3) is 2750. The summed E-state index contributed by atoms with van der Waals surface area (Å²) in [7, 11) is -9.78. The molecule has 0 heterocycles. The number of hydrogen-bond donors (Lipinski definition) is 6. The van der Waals surface area contributed by atoms with Gasteiger partial charge in [-0.2, -0.15) is 0 Å². The molecule has 0 bridgehead atoms. The zero-order valence-electron chi connectivity index (χ0n) is 7.14.